The van der Waals surface area contributed by atoms with E-state index in [0.717, 1.165) is 83.5 Å². The number of likely N-dealkylation sites (N-methyl/N-ethyl adjacent to an activating group) is 1. The molecule has 0 rings (SSSR count). The van der Waals surface area contributed by atoms with Crippen molar-refractivity contribution in [3.05, 3.63) is 85.1 Å². The Bertz CT molecular complexity index is 1380. The zero-order valence-electron chi connectivity index (χ0n) is 44.8. The Balaban J connectivity index is 3.94. The number of carbonyl (C=O) groups is 1. The summed E-state index contributed by atoms with van der Waals surface area (Å²) in [7, 11) is 1.61. The fourth-order valence-corrected chi connectivity index (χ4v) is 8.53. The summed E-state index contributed by atoms with van der Waals surface area (Å²) in [5.74, 6) is -0.149. The lowest BCUT2D eigenvalue weighted by Gasteiger charge is -2.26. The zero-order chi connectivity index (χ0) is 49.9. The van der Waals surface area contributed by atoms with E-state index >= 15 is 0 Å². The van der Waals surface area contributed by atoms with Gasteiger partial charge >= 0.3 is 7.82 Å². The molecule has 0 saturated heterocycles. The lowest BCUT2D eigenvalue weighted by Crippen LogP contribution is -2.46. The Morgan fingerprint density at radius 1 is 0.515 bits per heavy atom. The van der Waals surface area contributed by atoms with Crippen LogP contribution in [0.5, 0.6) is 0 Å². The lowest BCUT2D eigenvalue weighted by molar-refractivity contribution is -0.870. The molecule has 0 aliphatic carbocycles. The number of nitrogens with zero attached hydrogens (tertiary/aromatic N) is 1. The van der Waals surface area contributed by atoms with Crippen LogP contribution >= 0.6 is 7.82 Å². The van der Waals surface area contributed by atoms with Gasteiger partial charge in [0.1, 0.15) is 13.2 Å². The molecular weight excluding hydrogens is 864 g/mol. The summed E-state index contributed by atoms with van der Waals surface area (Å²) < 4.78 is 23.6. The molecule has 0 aliphatic heterocycles. The third-order valence-corrected chi connectivity index (χ3v) is 13.1. The Labute approximate surface area is 420 Å². The first-order chi connectivity index (χ1) is 33.0. The number of unbranched alkanes of at least 4 members (excludes halogenated alkanes) is 23. The predicted octanol–water partition coefficient (Wildman–Crippen LogP) is 16.9. The minimum absolute atomic E-state index is 0.0724. The number of phosphoric ester groups is 1. The first-order valence-electron chi connectivity index (χ1n) is 28.0. The fraction of sp³-hybridized carbons (Fsp3) is 0.746. The van der Waals surface area contributed by atoms with E-state index in [2.05, 4.69) is 104 Å². The van der Waals surface area contributed by atoms with Gasteiger partial charge in [0.15, 0.2) is 0 Å². The van der Waals surface area contributed by atoms with E-state index in [-0.39, 0.29) is 19.1 Å². The minimum atomic E-state index is -4.31. The molecule has 0 saturated carbocycles. The second-order valence-corrected chi connectivity index (χ2v) is 21.4. The van der Waals surface area contributed by atoms with E-state index in [1.54, 1.807) is 0 Å². The van der Waals surface area contributed by atoms with Crippen molar-refractivity contribution >= 4 is 13.7 Å². The van der Waals surface area contributed by atoms with Gasteiger partial charge in [0, 0.05) is 6.42 Å². The molecular formula is C59H108N2O6P+. The number of aliphatic hydroxyl groups excluding tert-OH is 1. The van der Waals surface area contributed by atoms with Crippen LogP contribution in [0.15, 0.2) is 85.1 Å². The highest BCUT2D eigenvalue weighted by atomic mass is 31.2. The maximum absolute atomic E-state index is 12.9. The van der Waals surface area contributed by atoms with Crippen LogP contribution in [0.1, 0.15) is 232 Å². The number of nitrogens with one attached hydrogen (secondary N) is 1. The van der Waals surface area contributed by atoms with Crippen molar-refractivity contribution in [1.29, 1.82) is 0 Å². The highest BCUT2D eigenvalue weighted by molar-refractivity contribution is 7.47. The van der Waals surface area contributed by atoms with Gasteiger partial charge in [-0.05, 0) is 70.6 Å². The van der Waals surface area contributed by atoms with E-state index in [0.29, 0.717) is 23.9 Å². The molecule has 0 heterocycles. The number of hydrogen-bond acceptors (Lipinski definition) is 5. The SMILES string of the molecule is CC/C=C\C/C=C\C/C=C\C/C=C\C/C=C\C/C=C\C/C=C\CCCCCCCCCCCCCCCCCC(=O)NC(COP(=O)(O)OCC[N+](C)(C)C)C(O)CCCCCCCCCCC. The normalized spacial score (nSPS) is 14.6. The molecule has 394 valence electrons. The van der Waals surface area contributed by atoms with Gasteiger partial charge in [-0.25, -0.2) is 4.57 Å². The first kappa shape index (κ1) is 65.7. The molecule has 0 bridgehead atoms. The van der Waals surface area contributed by atoms with Crippen molar-refractivity contribution < 1.29 is 32.9 Å². The van der Waals surface area contributed by atoms with Crippen LogP contribution in [-0.2, 0) is 18.4 Å². The number of hydrogen-bond donors (Lipinski definition) is 3. The fourth-order valence-electron chi connectivity index (χ4n) is 7.79. The van der Waals surface area contributed by atoms with Gasteiger partial charge in [0.2, 0.25) is 5.91 Å². The van der Waals surface area contributed by atoms with E-state index in [1.165, 1.54) is 122 Å². The molecule has 9 heteroatoms. The largest absolute Gasteiger partial charge is 0.472 e. The van der Waals surface area contributed by atoms with E-state index in [1.807, 2.05) is 21.1 Å². The van der Waals surface area contributed by atoms with Gasteiger partial charge in [-0.15, -0.1) is 0 Å². The monoisotopic (exact) mass is 972 g/mol. The maximum atomic E-state index is 12.9. The van der Waals surface area contributed by atoms with Gasteiger partial charge < -0.3 is 19.8 Å². The Kier molecular flexibility index (Phi) is 48.0. The first-order valence-corrected chi connectivity index (χ1v) is 29.4. The van der Waals surface area contributed by atoms with Crippen molar-refractivity contribution in [3.8, 4) is 0 Å². The minimum Gasteiger partial charge on any atom is -0.391 e. The molecule has 8 nitrogen and oxygen atoms in total. The van der Waals surface area contributed by atoms with Crippen molar-refractivity contribution in [2.75, 3.05) is 40.9 Å². The van der Waals surface area contributed by atoms with Crippen LogP contribution < -0.4 is 5.32 Å². The quantitative estimate of drug-likeness (QED) is 0.0243. The smallest absolute Gasteiger partial charge is 0.391 e. The van der Waals surface area contributed by atoms with E-state index in [4.69, 9.17) is 9.05 Å². The molecule has 0 aliphatic rings. The molecule has 0 radical (unpaired) electrons. The van der Waals surface area contributed by atoms with Gasteiger partial charge in [-0.1, -0.05) is 240 Å². The van der Waals surface area contributed by atoms with Gasteiger partial charge in [-0.3, -0.25) is 13.8 Å². The summed E-state index contributed by atoms with van der Waals surface area (Å²) in [5, 5.41) is 13.9. The van der Waals surface area contributed by atoms with Crippen LogP contribution in [0.25, 0.3) is 0 Å². The maximum Gasteiger partial charge on any atom is 0.472 e. The van der Waals surface area contributed by atoms with Crippen molar-refractivity contribution in [1.82, 2.24) is 5.32 Å². The second kappa shape index (κ2) is 49.7. The van der Waals surface area contributed by atoms with Crippen molar-refractivity contribution in [2.24, 2.45) is 0 Å². The third-order valence-electron chi connectivity index (χ3n) is 12.2. The number of quaternary nitrogens is 1. The molecule has 0 spiro atoms. The lowest BCUT2D eigenvalue weighted by atomic mass is 10.0. The Hall–Kier alpha value is -2.32. The predicted molar refractivity (Wildman–Crippen MR) is 295 cm³/mol. The van der Waals surface area contributed by atoms with Gasteiger partial charge in [0.05, 0.1) is 39.9 Å². The Morgan fingerprint density at radius 2 is 0.882 bits per heavy atom. The number of amides is 1. The summed E-state index contributed by atoms with van der Waals surface area (Å²) >= 11 is 0. The molecule has 0 fully saturated rings. The zero-order valence-corrected chi connectivity index (χ0v) is 45.7. The topological polar surface area (TPSA) is 105 Å². The van der Waals surface area contributed by atoms with Gasteiger partial charge in [-0.2, -0.15) is 0 Å². The summed E-state index contributed by atoms with van der Waals surface area (Å²) in [6, 6.07) is -0.761. The highest BCUT2D eigenvalue weighted by Gasteiger charge is 2.28. The number of carbonyl (C=O) groups excluding carboxylic acids is 1. The second-order valence-electron chi connectivity index (χ2n) is 19.9. The molecule has 68 heavy (non-hydrogen) atoms. The highest BCUT2D eigenvalue weighted by Crippen LogP contribution is 2.43. The van der Waals surface area contributed by atoms with Gasteiger partial charge in [0.25, 0.3) is 0 Å². The van der Waals surface area contributed by atoms with E-state index < -0.39 is 20.0 Å². The average Bonchev–Trinajstić information content (AvgIpc) is 3.30. The molecule has 0 aromatic heterocycles. The summed E-state index contributed by atoms with van der Waals surface area (Å²) in [6.07, 6.45) is 69.4. The molecule has 3 N–H and O–H groups in total. The van der Waals surface area contributed by atoms with Crippen LogP contribution in [0, 0.1) is 0 Å². The van der Waals surface area contributed by atoms with Crippen LogP contribution in [0.3, 0.4) is 0 Å². The van der Waals surface area contributed by atoms with Crippen LogP contribution in [0.2, 0.25) is 0 Å². The average molecular weight is 972 g/mol. The molecule has 3 atom stereocenters. The van der Waals surface area contributed by atoms with E-state index in [9.17, 15) is 19.4 Å². The number of allylic oxidation sites excluding steroid dienone is 14. The number of phosphoric acid groups is 1. The summed E-state index contributed by atoms with van der Waals surface area (Å²) in [4.78, 5) is 23.2. The molecule has 3 unspecified atom stereocenters. The van der Waals surface area contributed by atoms with Crippen molar-refractivity contribution in [2.45, 2.75) is 244 Å². The summed E-state index contributed by atoms with van der Waals surface area (Å²) in [6.45, 7) is 4.74. The molecule has 0 aromatic rings. The Morgan fingerprint density at radius 3 is 1.29 bits per heavy atom. The number of rotatable bonds is 50. The van der Waals surface area contributed by atoms with Crippen LogP contribution in [-0.4, -0.2) is 73.4 Å². The number of aliphatic hydroxyl groups is 1. The molecule has 1 amide bonds. The standard InChI is InChI=1S/C59H107N2O6P/c1-6-8-10-12-14-16-17-18-19-20-21-22-23-24-25-26-27-28-29-30-31-32-33-34-35-36-37-38-39-40-41-42-43-45-47-49-51-53-59(63)60-57(56-67-68(64,65)66-55-54-61(3,4)5)58(62)52-50-48-46-44-15-13-11-9-7-2/h8,10,14,16,18-19,21-22,24-25,27-28,30-31,57-58,62H,6-7,9,11-13,15,17,20,23,26,29,32-56H2,1-5H3,(H-,60,63,64,65)/p+1/b10-8-,16-14-,19-18-,22-21-,25-24-,28-27-,31-30-. The van der Waals surface area contributed by atoms with Crippen LogP contribution in [0.4, 0.5) is 0 Å². The summed E-state index contributed by atoms with van der Waals surface area (Å²) in [5.41, 5.74) is 0. The van der Waals surface area contributed by atoms with Crippen molar-refractivity contribution in [3.63, 3.8) is 0 Å². The third kappa shape index (κ3) is 51.5. The molecule has 0 aromatic carbocycles.